The molecule has 7 N–H and O–H groups in total. The molecule has 10 nitrogen and oxygen atoms in total. The van der Waals surface area contributed by atoms with Crippen LogP contribution >= 0.6 is 0 Å². The number of nitrogen functional groups attached to an aromatic ring is 1. The third-order valence-corrected chi connectivity index (χ3v) is 3.29. The predicted molar refractivity (Wildman–Crippen MR) is 67.5 cm³/mol. The van der Waals surface area contributed by atoms with Gasteiger partial charge in [0, 0.05) is 6.54 Å². The van der Waals surface area contributed by atoms with Crippen LogP contribution in [0.25, 0.3) is 11.2 Å². The highest BCUT2D eigenvalue weighted by Gasteiger charge is 2.43. The average Bonchev–Trinajstić information content (AvgIpc) is 2.93. The SMILES string of the molecule is NC[C@H]1O[C@H](n2cnc3c(=O)[nH]c(N)nc32)[C@@H](O)[C@@H]1O. The number of ether oxygens (including phenoxy) is 1. The van der Waals surface area contributed by atoms with Gasteiger partial charge in [0.2, 0.25) is 5.95 Å². The molecule has 2 aromatic rings. The van der Waals surface area contributed by atoms with E-state index >= 15 is 0 Å². The van der Waals surface area contributed by atoms with Gasteiger partial charge in [0.15, 0.2) is 17.4 Å². The van der Waals surface area contributed by atoms with Gasteiger partial charge in [-0.05, 0) is 0 Å². The second kappa shape index (κ2) is 4.52. The van der Waals surface area contributed by atoms with Crippen LogP contribution in [0.2, 0.25) is 0 Å². The van der Waals surface area contributed by atoms with Gasteiger partial charge in [0.25, 0.3) is 5.56 Å². The van der Waals surface area contributed by atoms with Crippen molar-refractivity contribution in [3.63, 3.8) is 0 Å². The van der Waals surface area contributed by atoms with Crippen molar-refractivity contribution in [2.75, 3.05) is 12.3 Å². The zero-order chi connectivity index (χ0) is 14.4. The lowest BCUT2D eigenvalue weighted by molar-refractivity contribution is -0.0321. The topological polar surface area (TPSA) is 165 Å². The fourth-order valence-electron chi connectivity index (χ4n) is 2.28. The highest BCUT2D eigenvalue weighted by molar-refractivity contribution is 5.70. The second-order valence-corrected chi connectivity index (χ2v) is 4.56. The standard InChI is InChI=1S/C10H14N6O4/c11-1-3-5(17)6(18)9(20-3)16-2-13-4-7(16)14-10(12)15-8(4)19/h2-3,5-6,9,17-18H,1,11H2,(H3,12,14,15,19)/t3-,5-,6+,9+/m1/s1. The summed E-state index contributed by atoms with van der Waals surface area (Å²) in [6.07, 6.45) is -2.67. The highest BCUT2D eigenvalue weighted by atomic mass is 16.6. The molecule has 0 saturated carbocycles. The fraction of sp³-hybridized carbons (Fsp3) is 0.500. The Bertz CT molecular complexity index is 697. The van der Waals surface area contributed by atoms with Crippen molar-refractivity contribution < 1.29 is 14.9 Å². The van der Waals surface area contributed by atoms with E-state index in [1.54, 1.807) is 0 Å². The van der Waals surface area contributed by atoms with Crippen molar-refractivity contribution in [1.82, 2.24) is 19.5 Å². The fourth-order valence-corrected chi connectivity index (χ4v) is 2.28. The van der Waals surface area contributed by atoms with E-state index in [9.17, 15) is 15.0 Å². The Morgan fingerprint density at radius 1 is 1.45 bits per heavy atom. The number of hydrogen-bond donors (Lipinski definition) is 5. The lowest BCUT2D eigenvalue weighted by Gasteiger charge is -2.16. The van der Waals surface area contributed by atoms with Gasteiger partial charge in [-0.25, -0.2) is 4.98 Å². The Balaban J connectivity index is 2.09. The van der Waals surface area contributed by atoms with Crippen molar-refractivity contribution in [2.24, 2.45) is 5.73 Å². The minimum absolute atomic E-state index is 0.0531. The summed E-state index contributed by atoms with van der Waals surface area (Å²) >= 11 is 0. The number of fused-ring (bicyclic) bond motifs is 1. The largest absolute Gasteiger partial charge is 0.387 e. The van der Waals surface area contributed by atoms with Crippen LogP contribution < -0.4 is 17.0 Å². The van der Waals surface area contributed by atoms with Crippen LogP contribution in [-0.2, 0) is 4.74 Å². The van der Waals surface area contributed by atoms with Crippen molar-refractivity contribution >= 4 is 17.1 Å². The van der Waals surface area contributed by atoms with Gasteiger partial charge in [-0.3, -0.25) is 14.3 Å². The quantitative estimate of drug-likeness (QED) is 0.396. The van der Waals surface area contributed by atoms with Crippen LogP contribution in [0.5, 0.6) is 0 Å². The van der Waals surface area contributed by atoms with Crippen LogP contribution in [0.4, 0.5) is 5.95 Å². The molecule has 0 amide bonds. The van der Waals surface area contributed by atoms with Gasteiger partial charge in [0.1, 0.15) is 18.3 Å². The lowest BCUT2D eigenvalue weighted by Crippen LogP contribution is -2.35. The van der Waals surface area contributed by atoms with E-state index in [-0.39, 0.29) is 23.7 Å². The molecule has 3 rings (SSSR count). The first-order chi connectivity index (χ1) is 9.52. The molecule has 0 unspecified atom stereocenters. The molecule has 0 radical (unpaired) electrons. The van der Waals surface area contributed by atoms with Crippen LogP contribution in [0.1, 0.15) is 6.23 Å². The van der Waals surface area contributed by atoms with E-state index in [1.807, 2.05) is 0 Å². The van der Waals surface area contributed by atoms with Crippen molar-refractivity contribution in [2.45, 2.75) is 24.5 Å². The Morgan fingerprint density at radius 2 is 2.20 bits per heavy atom. The van der Waals surface area contributed by atoms with Gasteiger partial charge >= 0.3 is 0 Å². The number of hydrogen-bond acceptors (Lipinski definition) is 8. The number of aromatic amines is 1. The van der Waals surface area contributed by atoms with E-state index < -0.39 is 30.1 Å². The molecule has 0 aliphatic carbocycles. The third-order valence-electron chi connectivity index (χ3n) is 3.29. The molecule has 1 aliphatic rings. The van der Waals surface area contributed by atoms with Gasteiger partial charge < -0.3 is 26.4 Å². The molecule has 2 aromatic heterocycles. The van der Waals surface area contributed by atoms with Crippen LogP contribution in [0, 0.1) is 0 Å². The number of H-pyrrole nitrogens is 1. The number of rotatable bonds is 2. The molecule has 0 spiro atoms. The number of nitrogens with two attached hydrogens (primary N) is 2. The van der Waals surface area contributed by atoms with Crippen LogP contribution in [0.3, 0.4) is 0 Å². The molecule has 108 valence electrons. The lowest BCUT2D eigenvalue weighted by atomic mass is 10.1. The molecule has 10 heteroatoms. The van der Waals surface area contributed by atoms with Crippen LogP contribution in [0.15, 0.2) is 11.1 Å². The smallest absolute Gasteiger partial charge is 0.280 e. The highest BCUT2D eigenvalue weighted by Crippen LogP contribution is 2.30. The Morgan fingerprint density at radius 3 is 2.85 bits per heavy atom. The molecule has 1 fully saturated rings. The maximum absolute atomic E-state index is 11.7. The molecule has 0 aromatic carbocycles. The number of nitrogens with one attached hydrogen (secondary N) is 1. The normalized spacial score (nSPS) is 30.1. The number of nitrogens with zero attached hydrogens (tertiary/aromatic N) is 3. The van der Waals surface area contributed by atoms with Gasteiger partial charge in [-0.15, -0.1) is 0 Å². The van der Waals surface area contributed by atoms with Crippen molar-refractivity contribution in [1.29, 1.82) is 0 Å². The summed E-state index contributed by atoms with van der Waals surface area (Å²) in [4.78, 5) is 21.9. The molecule has 4 atom stereocenters. The number of aromatic nitrogens is 4. The number of anilines is 1. The Kier molecular flexibility index (Phi) is 2.94. The van der Waals surface area contributed by atoms with Gasteiger partial charge in [0.05, 0.1) is 6.33 Å². The first-order valence-corrected chi connectivity index (χ1v) is 5.97. The summed E-state index contributed by atoms with van der Waals surface area (Å²) in [5.74, 6) is -0.0762. The summed E-state index contributed by atoms with van der Waals surface area (Å²) in [5.41, 5.74) is 10.7. The maximum atomic E-state index is 11.7. The third kappa shape index (κ3) is 1.78. The predicted octanol–water partition coefficient (Wildman–Crippen LogP) is -2.72. The van der Waals surface area contributed by atoms with E-state index in [1.165, 1.54) is 10.9 Å². The minimum Gasteiger partial charge on any atom is -0.387 e. The summed E-state index contributed by atoms with van der Waals surface area (Å²) in [6.45, 7) is 0.0531. The van der Waals surface area contributed by atoms with Gasteiger partial charge in [-0.1, -0.05) is 0 Å². The molecule has 1 saturated heterocycles. The van der Waals surface area contributed by atoms with E-state index in [2.05, 4.69) is 15.0 Å². The van der Waals surface area contributed by atoms with Gasteiger partial charge in [-0.2, -0.15) is 4.98 Å². The zero-order valence-corrected chi connectivity index (χ0v) is 10.3. The van der Waals surface area contributed by atoms with E-state index in [0.717, 1.165) is 0 Å². The second-order valence-electron chi connectivity index (χ2n) is 4.56. The molecule has 0 bridgehead atoms. The maximum Gasteiger partial charge on any atom is 0.280 e. The molecule has 20 heavy (non-hydrogen) atoms. The average molecular weight is 282 g/mol. The van der Waals surface area contributed by atoms with Crippen LogP contribution in [-0.4, -0.2) is 54.6 Å². The number of imidazole rings is 1. The molecule has 1 aliphatic heterocycles. The summed E-state index contributed by atoms with van der Waals surface area (Å²) in [7, 11) is 0. The summed E-state index contributed by atoms with van der Waals surface area (Å²) in [6, 6.07) is 0. The number of aliphatic hydroxyl groups excluding tert-OH is 2. The van der Waals surface area contributed by atoms with E-state index in [4.69, 9.17) is 16.2 Å². The summed E-state index contributed by atoms with van der Waals surface area (Å²) in [5, 5.41) is 19.8. The minimum atomic E-state index is -1.21. The molecule has 3 heterocycles. The first kappa shape index (κ1) is 13.0. The molecular weight excluding hydrogens is 268 g/mol. The molecular formula is C10H14N6O4. The Labute approximate surface area is 112 Å². The first-order valence-electron chi connectivity index (χ1n) is 5.97. The number of aliphatic hydroxyl groups is 2. The van der Waals surface area contributed by atoms with Crippen molar-refractivity contribution in [3.05, 3.63) is 16.7 Å². The monoisotopic (exact) mass is 282 g/mol. The summed E-state index contributed by atoms with van der Waals surface area (Å²) < 4.78 is 6.82. The Hall–Kier alpha value is -2.01. The van der Waals surface area contributed by atoms with E-state index in [0.29, 0.717) is 0 Å². The van der Waals surface area contributed by atoms with Crippen molar-refractivity contribution in [3.8, 4) is 0 Å². The zero-order valence-electron chi connectivity index (χ0n) is 10.3.